The maximum absolute atomic E-state index is 11.7. The molecule has 1 aromatic rings. The first-order valence-corrected chi connectivity index (χ1v) is 6.51. The molecule has 7 nitrogen and oxygen atoms in total. The number of rotatable bonds is 8. The van der Waals surface area contributed by atoms with Crippen LogP contribution in [-0.2, 0) is 9.53 Å². The molecule has 0 bridgehead atoms. The Morgan fingerprint density at radius 2 is 2.19 bits per heavy atom. The SMILES string of the molecule is CCCC[C@H](Oc1ccc([N+](=O)[O-])cc1C=O)C(=O)OC. The lowest BCUT2D eigenvalue weighted by Gasteiger charge is -2.17. The topological polar surface area (TPSA) is 95.7 Å². The van der Waals surface area contributed by atoms with Gasteiger partial charge in [-0.3, -0.25) is 14.9 Å². The summed E-state index contributed by atoms with van der Waals surface area (Å²) < 4.78 is 10.2. The number of unbranched alkanes of at least 4 members (excludes halogenated alkanes) is 1. The molecule has 0 saturated heterocycles. The zero-order chi connectivity index (χ0) is 15.8. The van der Waals surface area contributed by atoms with E-state index >= 15 is 0 Å². The molecule has 0 aliphatic rings. The Balaban J connectivity index is 2.99. The van der Waals surface area contributed by atoms with E-state index < -0.39 is 17.0 Å². The van der Waals surface area contributed by atoms with Crippen LogP contribution >= 0.6 is 0 Å². The Hall–Kier alpha value is -2.44. The third kappa shape index (κ3) is 4.55. The van der Waals surface area contributed by atoms with Crippen LogP contribution in [0.15, 0.2) is 18.2 Å². The van der Waals surface area contributed by atoms with Gasteiger partial charge in [0.2, 0.25) is 0 Å². The second-order valence-electron chi connectivity index (χ2n) is 4.37. The van der Waals surface area contributed by atoms with Gasteiger partial charge in [0.15, 0.2) is 12.4 Å². The largest absolute Gasteiger partial charge is 0.478 e. The van der Waals surface area contributed by atoms with Gasteiger partial charge in [-0.2, -0.15) is 0 Å². The molecule has 0 radical (unpaired) electrons. The summed E-state index contributed by atoms with van der Waals surface area (Å²) in [6, 6.07) is 3.64. The fourth-order valence-corrected chi connectivity index (χ4v) is 1.75. The molecule has 1 rings (SSSR count). The first kappa shape index (κ1) is 16.6. The highest BCUT2D eigenvalue weighted by Crippen LogP contribution is 2.25. The quantitative estimate of drug-likeness (QED) is 0.316. The Morgan fingerprint density at radius 3 is 2.71 bits per heavy atom. The molecule has 1 atom stereocenters. The third-order valence-electron chi connectivity index (χ3n) is 2.88. The van der Waals surface area contributed by atoms with Gasteiger partial charge in [-0.15, -0.1) is 0 Å². The standard InChI is InChI=1S/C14H17NO6/c1-3-4-5-13(14(17)20-2)21-12-7-6-11(15(18)19)8-10(12)9-16/h6-9,13H,3-5H2,1-2H3/t13-/m0/s1. The highest BCUT2D eigenvalue weighted by molar-refractivity contribution is 5.81. The second-order valence-corrected chi connectivity index (χ2v) is 4.37. The van der Waals surface area contributed by atoms with E-state index in [1.807, 2.05) is 6.92 Å². The van der Waals surface area contributed by atoms with E-state index in [0.29, 0.717) is 12.7 Å². The molecule has 0 aromatic heterocycles. The number of non-ortho nitro benzene ring substituents is 1. The van der Waals surface area contributed by atoms with Gasteiger partial charge < -0.3 is 9.47 Å². The predicted molar refractivity (Wildman–Crippen MR) is 74.4 cm³/mol. The molecule has 0 amide bonds. The van der Waals surface area contributed by atoms with E-state index in [0.717, 1.165) is 18.9 Å². The van der Waals surface area contributed by atoms with Gasteiger partial charge in [-0.1, -0.05) is 13.3 Å². The van der Waals surface area contributed by atoms with Crippen molar-refractivity contribution < 1.29 is 24.0 Å². The monoisotopic (exact) mass is 295 g/mol. The summed E-state index contributed by atoms with van der Waals surface area (Å²) >= 11 is 0. The first-order valence-electron chi connectivity index (χ1n) is 6.51. The van der Waals surface area contributed by atoms with Gasteiger partial charge in [0.1, 0.15) is 5.75 Å². The van der Waals surface area contributed by atoms with E-state index in [9.17, 15) is 19.7 Å². The second kappa shape index (κ2) is 7.98. The predicted octanol–water partition coefficient (Wildman–Crippen LogP) is 2.52. The number of ether oxygens (including phenoxy) is 2. The van der Waals surface area contributed by atoms with Crippen molar-refractivity contribution in [3.05, 3.63) is 33.9 Å². The summed E-state index contributed by atoms with van der Waals surface area (Å²) in [6.45, 7) is 1.97. The van der Waals surface area contributed by atoms with E-state index in [4.69, 9.17) is 4.74 Å². The Morgan fingerprint density at radius 1 is 1.48 bits per heavy atom. The average molecular weight is 295 g/mol. The smallest absolute Gasteiger partial charge is 0.347 e. The van der Waals surface area contributed by atoms with Gasteiger partial charge in [0.25, 0.3) is 5.69 Å². The van der Waals surface area contributed by atoms with Gasteiger partial charge in [0.05, 0.1) is 17.6 Å². The van der Waals surface area contributed by atoms with Crippen molar-refractivity contribution in [1.29, 1.82) is 0 Å². The third-order valence-corrected chi connectivity index (χ3v) is 2.88. The molecule has 0 fully saturated rings. The summed E-state index contributed by atoms with van der Waals surface area (Å²) in [5, 5.41) is 10.7. The van der Waals surface area contributed by atoms with Gasteiger partial charge in [-0.05, 0) is 18.9 Å². The van der Waals surface area contributed by atoms with E-state index in [1.54, 1.807) is 0 Å². The molecule has 7 heteroatoms. The van der Waals surface area contributed by atoms with Crippen molar-refractivity contribution in [2.45, 2.75) is 32.3 Å². The van der Waals surface area contributed by atoms with Crippen molar-refractivity contribution in [3.8, 4) is 5.75 Å². The van der Waals surface area contributed by atoms with E-state index in [-0.39, 0.29) is 17.0 Å². The molecule has 0 heterocycles. The van der Waals surface area contributed by atoms with Crippen LogP contribution in [0.25, 0.3) is 0 Å². The van der Waals surface area contributed by atoms with E-state index in [2.05, 4.69) is 4.74 Å². The number of nitro groups is 1. The molecule has 114 valence electrons. The van der Waals surface area contributed by atoms with Crippen molar-refractivity contribution in [2.24, 2.45) is 0 Å². The maximum Gasteiger partial charge on any atom is 0.347 e. The Kier molecular flexibility index (Phi) is 6.32. The average Bonchev–Trinajstić information content (AvgIpc) is 2.50. The molecule has 0 saturated carbocycles. The van der Waals surface area contributed by atoms with Crippen molar-refractivity contribution in [2.75, 3.05) is 7.11 Å². The first-order chi connectivity index (χ1) is 10.0. The number of carbonyl (C=O) groups is 2. The number of esters is 1. The lowest BCUT2D eigenvalue weighted by atomic mass is 10.1. The minimum atomic E-state index is -0.838. The number of nitro benzene ring substituents is 1. The van der Waals surface area contributed by atoms with Crippen LogP contribution in [0.4, 0.5) is 5.69 Å². The van der Waals surface area contributed by atoms with Gasteiger partial charge in [-0.25, -0.2) is 4.79 Å². The highest BCUT2D eigenvalue weighted by atomic mass is 16.6. The molecule has 0 N–H and O–H groups in total. The molecular formula is C14H17NO6. The van der Waals surface area contributed by atoms with Crippen LogP contribution in [0.3, 0.4) is 0 Å². The number of benzene rings is 1. The van der Waals surface area contributed by atoms with Crippen molar-refractivity contribution in [3.63, 3.8) is 0 Å². The number of nitrogens with zero attached hydrogens (tertiary/aromatic N) is 1. The lowest BCUT2D eigenvalue weighted by Crippen LogP contribution is -2.29. The van der Waals surface area contributed by atoms with Gasteiger partial charge in [0, 0.05) is 12.1 Å². The maximum atomic E-state index is 11.7. The Labute approximate surface area is 122 Å². The number of methoxy groups -OCH3 is 1. The molecule has 0 unspecified atom stereocenters. The zero-order valence-corrected chi connectivity index (χ0v) is 11.9. The minimum absolute atomic E-state index is 0.0228. The van der Waals surface area contributed by atoms with Crippen molar-refractivity contribution >= 4 is 17.9 Å². The summed E-state index contributed by atoms with van der Waals surface area (Å²) in [4.78, 5) is 32.7. The zero-order valence-electron chi connectivity index (χ0n) is 11.9. The van der Waals surface area contributed by atoms with Crippen LogP contribution in [0.5, 0.6) is 5.75 Å². The molecule has 1 aromatic carbocycles. The van der Waals surface area contributed by atoms with Crippen LogP contribution < -0.4 is 4.74 Å². The molecule has 0 aliphatic carbocycles. The van der Waals surface area contributed by atoms with E-state index in [1.165, 1.54) is 19.2 Å². The fourth-order valence-electron chi connectivity index (χ4n) is 1.75. The molecular weight excluding hydrogens is 278 g/mol. The summed E-state index contributed by atoms with van der Waals surface area (Å²) in [5.74, 6) is -0.416. The van der Waals surface area contributed by atoms with Crippen molar-refractivity contribution in [1.82, 2.24) is 0 Å². The normalized spacial score (nSPS) is 11.5. The number of aldehydes is 1. The number of hydrogen-bond acceptors (Lipinski definition) is 6. The van der Waals surface area contributed by atoms with Gasteiger partial charge >= 0.3 is 5.97 Å². The highest BCUT2D eigenvalue weighted by Gasteiger charge is 2.22. The van der Waals surface area contributed by atoms with Crippen LogP contribution in [0.2, 0.25) is 0 Å². The molecule has 0 spiro atoms. The molecule has 0 aliphatic heterocycles. The molecule has 21 heavy (non-hydrogen) atoms. The number of hydrogen-bond donors (Lipinski definition) is 0. The minimum Gasteiger partial charge on any atom is -0.478 e. The summed E-state index contributed by atoms with van der Waals surface area (Å²) in [7, 11) is 1.25. The lowest BCUT2D eigenvalue weighted by molar-refractivity contribution is -0.384. The summed E-state index contributed by atoms with van der Waals surface area (Å²) in [6.07, 6.45) is 1.69. The van der Waals surface area contributed by atoms with Crippen LogP contribution in [0.1, 0.15) is 36.5 Å². The fraction of sp³-hybridized carbons (Fsp3) is 0.429. The number of carbonyl (C=O) groups excluding carboxylic acids is 2. The van der Waals surface area contributed by atoms with Crippen LogP contribution in [-0.4, -0.2) is 30.4 Å². The van der Waals surface area contributed by atoms with Crippen LogP contribution in [0, 0.1) is 10.1 Å². The Bertz CT molecular complexity index is 528. The summed E-state index contributed by atoms with van der Waals surface area (Å²) in [5.41, 5.74) is -0.192.